The highest BCUT2D eigenvalue weighted by Crippen LogP contribution is 2.31. The zero-order valence-corrected chi connectivity index (χ0v) is 15.6. The molecule has 1 aliphatic heterocycles. The highest BCUT2D eigenvalue weighted by molar-refractivity contribution is 5.78. The summed E-state index contributed by atoms with van der Waals surface area (Å²) < 4.78 is 11.1. The van der Waals surface area contributed by atoms with Gasteiger partial charge in [0.15, 0.2) is 11.5 Å². The number of aromatic amines is 1. The highest BCUT2D eigenvalue weighted by Gasteiger charge is 2.15. The topological polar surface area (TPSA) is 84.5 Å². The van der Waals surface area contributed by atoms with Crippen molar-refractivity contribution in [2.75, 3.05) is 20.3 Å². The molecule has 0 aliphatic carbocycles. The van der Waals surface area contributed by atoms with Crippen LogP contribution in [0.4, 0.5) is 0 Å². The van der Waals surface area contributed by atoms with Gasteiger partial charge in [-0.15, -0.1) is 0 Å². The van der Waals surface area contributed by atoms with Crippen LogP contribution >= 0.6 is 0 Å². The number of hydrogen-bond acceptors (Lipinski definition) is 5. The first-order valence-corrected chi connectivity index (χ1v) is 9.20. The Balaban J connectivity index is 1.39. The molecule has 0 saturated heterocycles. The number of benzene rings is 2. The van der Waals surface area contributed by atoms with Crippen molar-refractivity contribution in [3.8, 4) is 11.5 Å². The van der Waals surface area contributed by atoms with Gasteiger partial charge < -0.3 is 19.4 Å². The Morgan fingerprint density at radius 3 is 2.79 bits per heavy atom. The molecule has 144 valence electrons. The number of amides is 1. The van der Waals surface area contributed by atoms with Crippen LogP contribution in [-0.2, 0) is 17.8 Å². The minimum absolute atomic E-state index is 0.0225. The number of para-hydroxylation sites is 1. The SMILES string of the molecule is CN(Cc1ccc2c(c1)OCCO2)C(=O)CCc1nc2ccccc2c(=O)[nH]1. The van der Waals surface area contributed by atoms with E-state index in [1.807, 2.05) is 24.3 Å². The second kappa shape index (κ2) is 7.72. The van der Waals surface area contributed by atoms with Gasteiger partial charge in [0.05, 0.1) is 10.9 Å². The maximum Gasteiger partial charge on any atom is 0.258 e. The molecule has 2 heterocycles. The van der Waals surface area contributed by atoms with Crippen molar-refractivity contribution in [3.63, 3.8) is 0 Å². The molecular formula is C21H21N3O4. The number of aromatic nitrogens is 2. The van der Waals surface area contributed by atoms with Gasteiger partial charge in [0, 0.05) is 26.4 Å². The monoisotopic (exact) mass is 379 g/mol. The molecule has 0 radical (unpaired) electrons. The van der Waals surface area contributed by atoms with Crippen molar-refractivity contribution in [3.05, 3.63) is 64.2 Å². The zero-order valence-electron chi connectivity index (χ0n) is 15.6. The summed E-state index contributed by atoms with van der Waals surface area (Å²) in [6, 6.07) is 12.9. The van der Waals surface area contributed by atoms with Crippen LogP contribution in [0, 0.1) is 0 Å². The van der Waals surface area contributed by atoms with E-state index < -0.39 is 0 Å². The summed E-state index contributed by atoms with van der Waals surface area (Å²) in [5.74, 6) is 1.94. The third kappa shape index (κ3) is 3.83. The van der Waals surface area contributed by atoms with E-state index in [2.05, 4.69) is 9.97 Å². The average Bonchev–Trinajstić information content (AvgIpc) is 2.72. The van der Waals surface area contributed by atoms with E-state index in [4.69, 9.17) is 9.47 Å². The second-order valence-electron chi connectivity index (χ2n) is 6.76. The predicted molar refractivity (Wildman–Crippen MR) is 105 cm³/mol. The third-order valence-corrected chi connectivity index (χ3v) is 4.69. The lowest BCUT2D eigenvalue weighted by atomic mass is 10.1. The van der Waals surface area contributed by atoms with Crippen LogP contribution in [0.25, 0.3) is 10.9 Å². The molecule has 0 saturated carbocycles. The summed E-state index contributed by atoms with van der Waals surface area (Å²) in [6.45, 7) is 1.55. The van der Waals surface area contributed by atoms with E-state index in [1.165, 1.54) is 0 Å². The van der Waals surface area contributed by atoms with E-state index >= 15 is 0 Å². The fourth-order valence-corrected chi connectivity index (χ4v) is 3.22. The minimum atomic E-state index is -0.183. The van der Waals surface area contributed by atoms with E-state index in [-0.39, 0.29) is 17.9 Å². The molecule has 3 aromatic rings. The van der Waals surface area contributed by atoms with Crippen LogP contribution in [0.15, 0.2) is 47.3 Å². The third-order valence-electron chi connectivity index (χ3n) is 4.69. The first-order chi connectivity index (χ1) is 13.6. The van der Waals surface area contributed by atoms with Crippen LogP contribution in [0.5, 0.6) is 11.5 Å². The normalized spacial score (nSPS) is 12.8. The second-order valence-corrected chi connectivity index (χ2v) is 6.76. The summed E-state index contributed by atoms with van der Waals surface area (Å²) in [5, 5.41) is 0.549. The molecule has 1 amide bonds. The molecule has 0 atom stereocenters. The summed E-state index contributed by atoms with van der Waals surface area (Å²) in [5.41, 5.74) is 1.42. The largest absolute Gasteiger partial charge is 0.486 e. The fraction of sp³-hybridized carbons (Fsp3) is 0.286. The van der Waals surface area contributed by atoms with Crippen molar-refractivity contribution in [2.45, 2.75) is 19.4 Å². The Hall–Kier alpha value is -3.35. The van der Waals surface area contributed by atoms with Crippen LogP contribution < -0.4 is 15.0 Å². The standard InChI is InChI=1S/C21H21N3O4/c1-24(13-14-6-7-17-18(12-14)28-11-10-27-17)20(25)9-8-19-22-16-5-3-2-4-15(16)21(26)23-19/h2-7,12H,8-11,13H2,1H3,(H,22,23,26). The summed E-state index contributed by atoms with van der Waals surface area (Å²) in [6.07, 6.45) is 0.646. The molecule has 7 heteroatoms. The summed E-state index contributed by atoms with van der Waals surface area (Å²) in [7, 11) is 1.76. The molecule has 0 spiro atoms. The molecule has 0 unspecified atom stereocenters. The smallest absolute Gasteiger partial charge is 0.258 e. The van der Waals surface area contributed by atoms with Gasteiger partial charge in [0.25, 0.3) is 5.56 Å². The van der Waals surface area contributed by atoms with E-state index in [0.717, 1.165) is 11.3 Å². The van der Waals surface area contributed by atoms with E-state index in [0.29, 0.717) is 48.7 Å². The maximum absolute atomic E-state index is 12.5. The van der Waals surface area contributed by atoms with Gasteiger partial charge in [-0.2, -0.15) is 0 Å². The Morgan fingerprint density at radius 2 is 1.93 bits per heavy atom. The highest BCUT2D eigenvalue weighted by atomic mass is 16.6. The molecule has 1 aliphatic rings. The molecule has 4 rings (SSSR count). The Bertz CT molecular complexity index is 1080. The first-order valence-electron chi connectivity index (χ1n) is 9.20. The van der Waals surface area contributed by atoms with Crippen molar-refractivity contribution in [2.24, 2.45) is 0 Å². The van der Waals surface area contributed by atoms with Gasteiger partial charge in [-0.1, -0.05) is 18.2 Å². The lowest BCUT2D eigenvalue weighted by Gasteiger charge is -2.21. The minimum Gasteiger partial charge on any atom is -0.486 e. The number of nitrogens with zero attached hydrogens (tertiary/aromatic N) is 2. The van der Waals surface area contributed by atoms with Crippen molar-refractivity contribution < 1.29 is 14.3 Å². The molecule has 2 aromatic carbocycles. The lowest BCUT2D eigenvalue weighted by molar-refractivity contribution is -0.130. The molecule has 1 aromatic heterocycles. The number of carbonyl (C=O) groups excluding carboxylic acids is 1. The van der Waals surface area contributed by atoms with Crippen LogP contribution in [0.3, 0.4) is 0 Å². The molecular weight excluding hydrogens is 358 g/mol. The Morgan fingerprint density at radius 1 is 1.14 bits per heavy atom. The molecule has 0 fully saturated rings. The van der Waals surface area contributed by atoms with Gasteiger partial charge in [0.2, 0.25) is 5.91 Å². The molecule has 0 bridgehead atoms. The number of carbonyl (C=O) groups is 1. The number of fused-ring (bicyclic) bond motifs is 2. The number of rotatable bonds is 5. The summed E-state index contributed by atoms with van der Waals surface area (Å²) >= 11 is 0. The Kier molecular flexibility index (Phi) is 4.97. The lowest BCUT2D eigenvalue weighted by Crippen LogP contribution is -2.27. The predicted octanol–water partition coefficient (Wildman–Crippen LogP) is 2.29. The molecule has 1 N–H and O–H groups in total. The fourth-order valence-electron chi connectivity index (χ4n) is 3.22. The van der Waals surface area contributed by atoms with Crippen molar-refractivity contribution in [1.29, 1.82) is 0 Å². The van der Waals surface area contributed by atoms with Crippen LogP contribution in [-0.4, -0.2) is 41.0 Å². The van der Waals surface area contributed by atoms with E-state index in [9.17, 15) is 9.59 Å². The van der Waals surface area contributed by atoms with Crippen molar-refractivity contribution in [1.82, 2.24) is 14.9 Å². The van der Waals surface area contributed by atoms with Gasteiger partial charge in [-0.3, -0.25) is 9.59 Å². The number of aryl methyl sites for hydroxylation is 1. The maximum atomic E-state index is 12.5. The van der Waals surface area contributed by atoms with E-state index in [1.54, 1.807) is 30.1 Å². The number of H-pyrrole nitrogens is 1. The zero-order chi connectivity index (χ0) is 19.5. The van der Waals surface area contributed by atoms with Gasteiger partial charge in [-0.25, -0.2) is 4.98 Å². The molecule has 28 heavy (non-hydrogen) atoms. The van der Waals surface area contributed by atoms with Gasteiger partial charge in [-0.05, 0) is 29.8 Å². The number of nitrogens with one attached hydrogen (secondary N) is 1. The number of hydrogen-bond donors (Lipinski definition) is 1. The van der Waals surface area contributed by atoms with Gasteiger partial charge >= 0.3 is 0 Å². The quantitative estimate of drug-likeness (QED) is 0.735. The van der Waals surface area contributed by atoms with Gasteiger partial charge in [0.1, 0.15) is 19.0 Å². The number of ether oxygens (including phenoxy) is 2. The van der Waals surface area contributed by atoms with Crippen LogP contribution in [0.1, 0.15) is 17.8 Å². The average molecular weight is 379 g/mol. The Labute approximate surface area is 161 Å². The summed E-state index contributed by atoms with van der Waals surface area (Å²) in [4.78, 5) is 33.5. The van der Waals surface area contributed by atoms with Crippen molar-refractivity contribution >= 4 is 16.8 Å². The first kappa shape index (κ1) is 18.0. The molecule has 7 nitrogen and oxygen atoms in total. The van der Waals surface area contributed by atoms with Crippen LogP contribution in [0.2, 0.25) is 0 Å².